The number of hydrogen-bond donors (Lipinski definition) is 1. The quantitative estimate of drug-likeness (QED) is 0.759. The highest BCUT2D eigenvalue weighted by atomic mass is 16.5. The van der Waals surface area contributed by atoms with Gasteiger partial charge in [-0.05, 0) is 24.6 Å². The minimum atomic E-state index is 0.0355. The number of carbonyl (C=O) groups excluding carboxylic acids is 1. The fraction of sp³-hybridized carbons (Fsp3) is 0.438. The van der Waals surface area contributed by atoms with E-state index in [1.54, 1.807) is 14.2 Å². The molecule has 21 heavy (non-hydrogen) atoms. The fourth-order valence-electron chi connectivity index (χ4n) is 2.36. The van der Waals surface area contributed by atoms with Gasteiger partial charge in [0.15, 0.2) is 0 Å². The number of nitrogens with zero attached hydrogens (tertiary/aromatic N) is 1. The Kier molecular flexibility index (Phi) is 5.78. The Labute approximate surface area is 124 Å². The fourth-order valence-corrected chi connectivity index (χ4v) is 2.36. The molecular formula is C16H22N2O3. The Hall–Kier alpha value is -1.85. The third kappa shape index (κ3) is 3.83. The standard InChI is InChI=1S/C16H22N2O3/c1-20-11-4-9-18(10-12-21-2)16(19)14-5-3-6-15-13(14)7-8-17-15/h3,5-8,17H,4,9-12H2,1-2H3. The number of rotatable bonds is 8. The molecule has 0 bridgehead atoms. The molecule has 0 aliphatic rings. The smallest absolute Gasteiger partial charge is 0.254 e. The molecule has 0 radical (unpaired) electrons. The minimum absolute atomic E-state index is 0.0355. The van der Waals surface area contributed by atoms with Crippen molar-refractivity contribution in [1.82, 2.24) is 9.88 Å². The summed E-state index contributed by atoms with van der Waals surface area (Å²) in [4.78, 5) is 17.7. The number of aromatic amines is 1. The van der Waals surface area contributed by atoms with Crippen LogP contribution >= 0.6 is 0 Å². The maximum absolute atomic E-state index is 12.8. The SMILES string of the molecule is COCCCN(CCOC)C(=O)c1cccc2[nH]ccc12. The molecule has 5 nitrogen and oxygen atoms in total. The van der Waals surface area contributed by atoms with Crippen molar-refractivity contribution in [3.05, 3.63) is 36.0 Å². The average molecular weight is 290 g/mol. The first kappa shape index (κ1) is 15.5. The highest BCUT2D eigenvalue weighted by Crippen LogP contribution is 2.19. The van der Waals surface area contributed by atoms with E-state index in [4.69, 9.17) is 9.47 Å². The zero-order valence-corrected chi connectivity index (χ0v) is 12.6. The van der Waals surface area contributed by atoms with Gasteiger partial charge in [0.2, 0.25) is 0 Å². The molecule has 1 aromatic carbocycles. The van der Waals surface area contributed by atoms with E-state index in [1.165, 1.54) is 0 Å². The number of methoxy groups -OCH3 is 2. The molecule has 5 heteroatoms. The van der Waals surface area contributed by atoms with Crippen LogP contribution < -0.4 is 0 Å². The normalized spacial score (nSPS) is 11.0. The number of amides is 1. The van der Waals surface area contributed by atoms with Crippen molar-refractivity contribution < 1.29 is 14.3 Å². The molecule has 0 unspecified atom stereocenters. The van der Waals surface area contributed by atoms with Gasteiger partial charge in [-0.2, -0.15) is 0 Å². The average Bonchev–Trinajstić information content (AvgIpc) is 2.98. The molecule has 1 N–H and O–H groups in total. The van der Waals surface area contributed by atoms with Gasteiger partial charge in [-0.3, -0.25) is 4.79 Å². The number of carbonyl (C=O) groups is 1. The van der Waals surface area contributed by atoms with Crippen LogP contribution in [-0.2, 0) is 9.47 Å². The van der Waals surface area contributed by atoms with Crippen molar-refractivity contribution in [1.29, 1.82) is 0 Å². The molecule has 0 fully saturated rings. The number of ether oxygens (including phenoxy) is 2. The predicted molar refractivity (Wildman–Crippen MR) is 82.6 cm³/mol. The summed E-state index contributed by atoms with van der Waals surface area (Å²) >= 11 is 0. The van der Waals surface area contributed by atoms with E-state index in [9.17, 15) is 4.79 Å². The Bertz CT molecular complexity index is 580. The lowest BCUT2D eigenvalue weighted by molar-refractivity contribution is 0.0676. The maximum Gasteiger partial charge on any atom is 0.254 e. The largest absolute Gasteiger partial charge is 0.385 e. The van der Waals surface area contributed by atoms with Gasteiger partial charge in [-0.15, -0.1) is 0 Å². The van der Waals surface area contributed by atoms with E-state index >= 15 is 0 Å². The van der Waals surface area contributed by atoms with Gasteiger partial charge in [0, 0.05) is 56.6 Å². The zero-order chi connectivity index (χ0) is 15.1. The molecule has 0 aliphatic heterocycles. The first-order chi connectivity index (χ1) is 10.3. The molecule has 1 heterocycles. The van der Waals surface area contributed by atoms with Gasteiger partial charge in [0.1, 0.15) is 0 Å². The molecule has 0 saturated carbocycles. The summed E-state index contributed by atoms with van der Waals surface area (Å²) in [6.07, 6.45) is 2.67. The van der Waals surface area contributed by atoms with E-state index in [1.807, 2.05) is 35.4 Å². The van der Waals surface area contributed by atoms with Gasteiger partial charge < -0.3 is 19.4 Å². The number of aromatic nitrogens is 1. The van der Waals surface area contributed by atoms with Crippen molar-refractivity contribution in [3.63, 3.8) is 0 Å². The predicted octanol–water partition coefficient (Wildman–Crippen LogP) is 2.29. The first-order valence-corrected chi connectivity index (χ1v) is 7.11. The lowest BCUT2D eigenvalue weighted by Gasteiger charge is -2.22. The van der Waals surface area contributed by atoms with Crippen LogP contribution in [0, 0.1) is 0 Å². The number of nitrogens with one attached hydrogen (secondary N) is 1. The van der Waals surface area contributed by atoms with Crippen LogP contribution in [0.1, 0.15) is 16.8 Å². The van der Waals surface area contributed by atoms with E-state index in [0.717, 1.165) is 22.9 Å². The van der Waals surface area contributed by atoms with E-state index in [2.05, 4.69) is 4.98 Å². The van der Waals surface area contributed by atoms with E-state index in [0.29, 0.717) is 26.3 Å². The highest BCUT2D eigenvalue weighted by molar-refractivity contribution is 6.06. The lowest BCUT2D eigenvalue weighted by atomic mass is 10.1. The summed E-state index contributed by atoms with van der Waals surface area (Å²) in [5.41, 5.74) is 1.70. The molecular weight excluding hydrogens is 268 g/mol. The van der Waals surface area contributed by atoms with Gasteiger partial charge in [-0.25, -0.2) is 0 Å². The highest BCUT2D eigenvalue weighted by Gasteiger charge is 2.17. The summed E-state index contributed by atoms with van der Waals surface area (Å²) in [5.74, 6) is 0.0355. The number of hydrogen-bond acceptors (Lipinski definition) is 3. The van der Waals surface area contributed by atoms with Crippen LogP contribution in [0.4, 0.5) is 0 Å². The second-order valence-electron chi connectivity index (χ2n) is 4.88. The molecule has 1 aromatic heterocycles. The summed E-state index contributed by atoms with van der Waals surface area (Å²) in [6, 6.07) is 7.67. The van der Waals surface area contributed by atoms with Gasteiger partial charge >= 0.3 is 0 Å². The zero-order valence-electron chi connectivity index (χ0n) is 12.6. The van der Waals surface area contributed by atoms with Crippen molar-refractivity contribution in [3.8, 4) is 0 Å². The number of benzene rings is 1. The molecule has 2 aromatic rings. The number of fused-ring (bicyclic) bond motifs is 1. The van der Waals surface area contributed by atoms with Gasteiger partial charge in [0.25, 0.3) is 5.91 Å². The van der Waals surface area contributed by atoms with Crippen molar-refractivity contribution in [2.75, 3.05) is 40.5 Å². The molecule has 1 amide bonds. The Balaban J connectivity index is 2.17. The topological polar surface area (TPSA) is 54.6 Å². The van der Waals surface area contributed by atoms with Crippen molar-refractivity contribution in [2.24, 2.45) is 0 Å². The molecule has 0 saturated heterocycles. The third-order valence-electron chi connectivity index (χ3n) is 3.45. The summed E-state index contributed by atoms with van der Waals surface area (Å²) in [6.45, 7) is 2.42. The number of H-pyrrole nitrogens is 1. The van der Waals surface area contributed by atoms with E-state index < -0.39 is 0 Å². The lowest BCUT2D eigenvalue weighted by Crippen LogP contribution is -2.35. The minimum Gasteiger partial charge on any atom is -0.385 e. The molecule has 0 aliphatic carbocycles. The van der Waals surface area contributed by atoms with Crippen LogP contribution in [0.15, 0.2) is 30.5 Å². The summed E-state index contributed by atoms with van der Waals surface area (Å²) < 4.78 is 10.2. The van der Waals surface area contributed by atoms with E-state index in [-0.39, 0.29) is 5.91 Å². The Morgan fingerprint density at radius 2 is 1.95 bits per heavy atom. The van der Waals surface area contributed by atoms with Crippen LogP contribution in [-0.4, -0.2) is 56.3 Å². The van der Waals surface area contributed by atoms with Gasteiger partial charge in [0.05, 0.1) is 6.61 Å². The Morgan fingerprint density at radius 3 is 2.71 bits per heavy atom. The Morgan fingerprint density at radius 1 is 1.14 bits per heavy atom. The second kappa shape index (κ2) is 7.81. The summed E-state index contributed by atoms with van der Waals surface area (Å²) in [5, 5.41) is 0.955. The van der Waals surface area contributed by atoms with Crippen LogP contribution in [0.5, 0.6) is 0 Å². The van der Waals surface area contributed by atoms with Crippen molar-refractivity contribution in [2.45, 2.75) is 6.42 Å². The second-order valence-corrected chi connectivity index (χ2v) is 4.88. The van der Waals surface area contributed by atoms with Crippen LogP contribution in [0.25, 0.3) is 10.9 Å². The van der Waals surface area contributed by atoms with Crippen LogP contribution in [0.3, 0.4) is 0 Å². The maximum atomic E-state index is 12.8. The first-order valence-electron chi connectivity index (χ1n) is 7.11. The molecule has 0 atom stereocenters. The van der Waals surface area contributed by atoms with Crippen molar-refractivity contribution >= 4 is 16.8 Å². The molecule has 2 rings (SSSR count). The molecule has 114 valence electrons. The van der Waals surface area contributed by atoms with Crippen LogP contribution in [0.2, 0.25) is 0 Å². The molecule has 0 spiro atoms. The summed E-state index contributed by atoms with van der Waals surface area (Å²) in [7, 11) is 3.31. The third-order valence-corrected chi connectivity index (χ3v) is 3.45. The van der Waals surface area contributed by atoms with Gasteiger partial charge in [-0.1, -0.05) is 6.07 Å². The monoisotopic (exact) mass is 290 g/mol.